The molecule has 3 aromatic heterocycles. The average Bonchev–Trinajstić information content (AvgIpc) is 3.22. The van der Waals surface area contributed by atoms with E-state index in [1.54, 1.807) is 79.1 Å². The third-order valence-electron chi connectivity index (χ3n) is 4.75. The summed E-state index contributed by atoms with van der Waals surface area (Å²) in [5.74, 6) is 0.199. The first-order chi connectivity index (χ1) is 15.0. The summed E-state index contributed by atoms with van der Waals surface area (Å²) < 4.78 is 6.39. The molecule has 0 aliphatic carbocycles. The molecule has 0 aliphatic heterocycles. The topological polar surface area (TPSA) is 88.8 Å². The normalized spacial score (nSPS) is 10.7. The number of methoxy groups -OCH3 is 1. The lowest BCUT2D eigenvalue weighted by molar-refractivity contribution is 0.0992. The van der Waals surface area contributed by atoms with Crippen molar-refractivity contribution in [2.24, 2.45) is 0 Å². The Bertz CT molecular complexity index is 1250. The van der Waals surface area contributed by atoms with E-state index in [2.05, 4.69) is 20.0 Å². The molecule has 2 amide bonds. The Labute approximate surface area is 183 Å². The maximum atomic E-state index is 13.0. The number of carbonyl (C=O) groups is 2. The fourth-order valence-electron chi connectivity index (χ4n) is 3.07. The zero-order valence-electron chi connectivity index (χ0n) is 16.7. The summed E-state index contributed by atoms with van der Waals surface area (Å²) in [5.41, 5.74) is 3.46. The van der Waals surface area contributed by atoms with E-state index in [0.717, 1.165) is 16.9 Å². The van der Waals surface area contributed by atoms with Crippen molar-refractivity contribution in [1.29, 1.82) is 0 Å². The molecule has 156 valence electrons. The molecule has 1 N–H and O–H groups in total. The summed E-state index contributed by atoms with van der Waals surface area (Å²) in [6, 6.07) is 14.0. The van der Waals surface area contributed by atoms with Gasteiger partial charge in [-0.2, -0.15) is 0 Å². The van der Waals surface area contributed by atoms with E-state index in [1.165, 1.54) is 7.11 Å². The first kappa shape index (κ1) is 20.4. The van der Waals surface area contributed by atoms with Crippen molar-refractivity contribution in [3.63, 3.8) is 0 Å². The molecule has 31 heavy (non-hydrogen) atoms. The number of imidazole rings is 1. The fourth-order valence-corrected chi connectivity index (χ4v) is 3.20. The van der Waals surface area contributed by atoms with E-state index in [9.17, 15) is 9.59 Å². The number of halogens is 1. The first-order valence-corrected chi connectivity index (χ1v) is 9.66. The lowest BCUT2D eigenvalue weighted by Gasteiger charge is -2.17. The second-order valence-corrected chi connectivity index (χ2v) is 7.12. The predicted molar refractivity (Wildman–Crippen MR) is 119 cm³/mol. The molecule has 4 rings (SSSR count). The van der Waals surface area contributed by atoms with Crippen LogP contribution in [0.1, 0.15) is 10.4 Å². The quantitative estimate of drug-likeness (QED) is 0.509. The largest absolute Gasteiger partial charge is 0.453 e. The highest BCUT2D eigenvalue weighted by Gasteiger charge is 2.16. The van der Waals surface area contributed by atoms with Crippen molar-refractivity contribution < 1.29 is 14.3 Å². The minimum atomic E-state index is -0.594. The second kappa shape index (κ2) is 8.45. The lowest BCUT2D eigenvalue weighted by Crippen LogP contribution is -2.26. The van der Waals surface area contributed by atoms with Gasteiger partial charge in [-0.25, -0.2) is 14.8 Å². The zero-order valence-corrected chi connectivity index (χ0v) is 17.5. The van der Waals surface area contributed by atoms with Crippen LogP contribution in [-0.4, -0.2) is 40.5 Å². The van der Waals surface area contributed by atoms with Crippen LogP contribution in [0.3, 0.4) is 0 Å². The molecule has 0 spiro atoms. The number of nitrogens with one attached hydrogen (secondary N) is 1. The Hall–Kier alpha value is -3.91. The smallest absolute Gasteiger partial charge is 0.412 e. The third kappa shape index (κ3) is 4.19. The molecule has 4 aromatic rings. The van der Waals surface area contributed by atoms with Crippen LogP contribution in [0.15, 0.2) is 67.1 Å². The van der Waals surface area contributed by atoms with Gasteiger partial charge in [0, 0.05) is 35.7 Å². The molecule has 0 aliphatic rings. The molecular weight excluding hydrogens is 418 g/mol. The van der Waals surface area contributed by atoms with Gasteiger partial charge in [-0.05, 0) is 48.5 Å². The number of anilines is 2. The predicted octanol–water partition coefficient (Wildman–Crippen LogP) is 4.50. The van der Waals surface area contributed by atoms with E-state index in [1.807, 2.05) is 4.40 Å². The summed E-state index contributed by atoms with van der Waals surface area (Å²) in [5, 5.41) is 3.11. The highest BCUT2D eigenvalue weighted by atomic mass is 35.5. The molecule has 0 unspecified atom stereocenters. The number of fused-ring (bicyclic) bond motifs is 1. The summed E-state index contributed by atoms with van der Waals surface area (Å²) in [6.45, 7) is 0. The van der Waals surface area contributed by atoms with Gasteiger partial charge < -0.3 is 9.64 Å². The highest BCUT2D eigenvalue weighted by molar-refractivity contribution is 6.30. The molecule has 9 heteroatoms. The van der Waals surface area contributed by atoms with Crippen LogP contribution < -0.4 is 10.2 Å². The molecule has 8 nitrogen and oxygen atoms in total. The molecule has 0 saturated heterocycles. The van der Waals surface area contributed by atoms with Gasteiger partial charge in [0.15, 0.2) is 0 Å². The Morgan fingerprint density at radius 3 is 2.48 bits per heavy atom. The van der Waals surface area contributed by atoms with Crippen LogP contribution in [0.2, 0.25) is 5.02 Å². The maximum absolute atomic E-state index is 13.0. The molecule has 3 heterocycles. The Kier molecular flexibility index (Phi) is 5.55. The number of hydrogen-bond donors (Lipinski definition) is 1. The number of aromatic nitrogens is 3. The van der Waals surface area contributed by atoms with Crippen LogP contribution in [0.5, 0.6) is 0 Å². The summed E-state index contributed by atoms with van der Waals surface area (Å²) in [7, 11) is 2.99. The van der Waals surface area contributed by atoms with Gasteiger partial charge in [0.2, 0.25) is 0 Å². The summed E-state index contributed by atoms with van der Waals surface area (Å²) in [4.78, 5) is 34.5. The molecule has 0 fully saturated rings. The minimum Gasteiger partial charge on any atom is -0.453 e. The van der Waals surface area contributed by atoms with Crippen LogP contribution in [0.25, 0.3) is 16.9 Å². The van der Waals surface area contributed by atoms with Crippen LogP contribution in [0.4, 0.5) is 16.3 Å². The molecular formula is C22H18ClN5O3. The van der Waals surface area contributed by atoms with Crippen LogP contribution in [-0.2, 0) is 4.74 Å². The van der Waals surface area contributed by atoms with Gasteiger partial charge >= 0.3 is 6.09 Å². The van der Waals surface area contributed by atoms with Crippen molar-refractivity contribution in [3.05, 3.63) is 77.7 Å². The molecule has 1 aromatic carbocycles. The number of benzene rings is 1. The maximum Gasteiger partial charge on any atom is 0.412 e. The minimum absolute atomic E-state index is 0.167. The number of nitrogens with zero attached hydrogens (tertiary/aromatic N) is 4. The van der Waals surface area contributed by atoms with Gasteiger partial charge in [-0.15, -0.1) is 0 Å². The van der Waals surface area contributed by atoms with Crippen molar-refractivity contribution >= 4 is 40.8 Å². The van der Waals surface area contributed by atoms with E-state index < -0.39 is 6.09 Å². The molecule has 0 bridgehead atoms. The van der Waals surface area contributed by atoms with Gasteiger partial charge in [-0.3, -0.25) is 14.5 Å². The van der Waals surface area contributed by atoms with Gasteiger partial charge in [0.1, 0.15) is 11.5 Å². The number of carbonyl (C=O) groups excluding carboxylic acids is 2. The summed E-state index contributed by atoms with van der Waals surface area (Å²) >= 11 is 5.94. The van der Waals surface area contributed by atoms with Gasteiger partial charge in [-0.1, -0.05) is 11.6 Å². The number of pyridine rings is 2. The third-order valence-corrected chi connectivity index (χ3v) is 5.00. The Morgan fingerprint density at radius 1 is 1.03 bits per heavy atom. The molecule has 0 radical (unpaired) electrons. The first-order valence-electron chi connectivity index (χ1n) is 9.28. The van der Waals surface area contributed by atoms with Crippen LogP contribution in [0, 0.1) is 0 Å². The van der Waals surface area contributed by atoms with Crippen LogP contribution >= 0.6 is 11.6 Å². The van der Waals surface area contributed by atoms with Crippen molar-refractivity contribution in [2.45, 2.75) is 0 Å². The Morgan fingerprint density at radius 2 is 1.81 bits per heavy atom. The number of amides is 2. The van der Waals surface area contributed by atoms with E-state index in [-0.39, 0.29) is 5.91 Å². The van der Waals surface area contributed by atoms with Gasteiger partial charge in [0.25, 0.3) is 5.91 Å². The lowest BCUT2D eigenvalue weighted by atomic mass is 10.2. The number of rotatable bonds is 4. The van der Waals surface area contributed by atoms with Crippen molar-refractivity contribution in [3.8, 4) is 11.3 Å². The van der Waals surface area contributed by atoms with E-state index >= 15 is 0 Å². The fraction of sp³-hybridized carbons (Fsp3) is 0.0909. The highest BCUT2D eigenvalue weighted by Crippen LogP contribution is 2.23. The zero-order chi connectivity index (χ0) is 22.0. The standard InChI is InChI=1S/C22H18ClN5O3/c1-27(17-7-5-16(23)6-8-17)21(29)15-4-10-20-25-12-18(28(20)13-15)14-3-9-19(24-11-14)26-22(30)31-2/h3-13H,1-2H3,(H,24,26,30). The van der Waals surface area contributed by atoms with E-state index in [4.69, 9.17) is 11.6 Å². The Balaban J connectivity index is 1.64. The summed E-state index contributed by atoms with van der Waals surface area (Å²) in [6.07, 6.45) is 4.47. The number of hydrogen-bond acceptors (Lipinski definition) is 5. The molecule has 0 saturated carbocycles. The monoisotopic (exact) mass is 435 g/mol. The van der Waals surface area contributed by atoms with E-state index in [0.29, 0.717) is 22.1 Å². The number of ether oxygens (including phenoxy) is 1. The molecule has 0 atom stereocenters. The SMILES string of the molecule is COC(=O)Nc1ccc(-c2cnc3ccc(C(=O)N(C)c4ccc(Cl)cc4)cn23)cn1. The van der Waals surface area contributed by atoms with Crippen molar-refractivity contribution in [2.75, 3.05) is 24.4 Å². The average molecular weight is 436 g/mol. The van der Waals surface area contributed by atoms with Crippen molar-refractivity contribution in [1.82, 2.24) is 14.4 Å². The van der Waals surface area contributed by atoms with Gasteiger partial charge in [0.05, 0.1) is 24.6 Å². The second-order valence-electron chi connectivity index (χ2n) is 6.68.